The predicted molar refractivity (Wildman–Crippen MR) is 52.8 cm³/mol. The van der Waals surface area contributed by atoms with Gasteiger partial charge in [0.15, 0.2) is 0 Å². The lowest BCUT2D eigenvalue weighted by Gasteiger charge is -2.09. The summed E-state index contributed by atoms with van der Waals surface area (Å²) < 4.78 is 0. The van der Waals surface area contributed by atoms with Gasteiger partial charge in [0.2, 0.25) is 5.91 Å². The summed E-state index contributed by atoms with van der Waals surface area (Å²) in [6.07, 6.45) is 0. The van der Waals surface area contributed by atoms with E-state index in [1.807, 2.05) is 13.8 Å². The molecule has 5 heteroatoms. The van der Waals surface area contributed by atoms with Gasteiger partial charge in [-0.05, 0) is 12.2 Å². The van der Waals surface area contributed by atoms with E-state index in [1.54, 1.807) is 0 Å². The molecule has 0 aliphatic heterocycles. The molecule has 1 atom stereocenters. The van der Waals surface area contributed by atoms with E-state index in [1.165, 1.54) is 18.7 Å². The lowest BCUT2D eigenvalue weighted by atomic mass is 10.3. The topological polar surface area (TPSA) is 66.4 Å². The van der Waals surface area contributed by atoms with Gasteiger partial charge in [-0.2, -0.15) is 0 Å². The van der Waals surface area contributed by atoms with Crippen molar-refractivity contribution < 1.29 is 14.7 Å². The summed E-state index contributed by atoms with van der Waals surface area (Å²) in [7, 11) is 0. The van der Waals surface area contributed by atoms with Crippen molar-refractivity contribution in [3.05, 3.63) is 0 Å². The number of aliphatic carboxylic acids is 1. The van der Waals surface area contributed by atoms with Crippen LogP contribution >= 0.6 is 11.8 Å². The van der Waals surface area contributed by atoms with E-state index in [4.69, 9.17) is 5.11 Å². The van der Waals surface area contributed by atoms with E-state index < -0.39 is 12.0 Å². The molecular formula is C8H15NO3S. The number of thioether (sulfide) groups is 1. The molecule has 0 aromatic rings. The second-order valence-electron chi connectivity index (χ2n) is 2.99. The molecule has 4 nitrogen and oxygen atoms in total. The van der Waals surface area contributed by atoms with Gasteiger partial charge in [-0.1, -0.05) is 13.8 Å². The first-order valence-electron chi connectivity index (χ1n) is 4.07. The fourth-order valence-electron chi connectivity index (χ4n) is 0.587. The van der Waals surface area contributed by atoms with Crippen LogP contribution in [-0.4, -0.2) is 34.0 Å². The van der Waals surface area contributed by atoms with E-state index in [-0.39, 0.29) is 5.91 Å². The standard InChI is InChI=1S/C8H15NO3S/c1-5(2)13-4-7(10)9-6(3)8(11)12/h5-6H,4H2,1-3H3,(H,9,10)(H,11,12). The maximum atomic E-state index is 11.1. The quantitative estimate of drug-likeness (QED) is 0.694. The van der Waals surface area contributed by atoms with Crippen LogP contribution in [0.15, 0.2) is 0 Å². The predicted octanol–water partition coefficient (Wildman–Crippen LogP) is 0.717. The van der Waals surface area contributed by atoms with Gasteiger partial charge in [-0.15, -0.1) is 11.8 Å². The molecule has 2 N–H and O–H groups in total. The third-order valence-electron chi connectivity index (χ3n) is 1.30. The van der Waals surface area contributed by atoms with E-state index in [2.05, 4.69) is 5.32 Å². The number of carboxylic acids is 1. The van der Waals surface area contributed by atoms with Gasteiger partial charge in [-0.25, -0.2) is 0 Å². The SMILES string of the molecule is CC(C)SCC(=O)NC(C)C(=O)O. The molecule has 0 radical (unpaired) electrons. The van der Waals surface area contributed by atoms with Gasteiger partial charge in [-0.3, -0.25) is 9.59 Å². The molecule has 0 aliphatic carbocycles. The van der Waals surface area contributed by atoms with Crippen molar-refractivity contribution in [3.8, 4) is 0 Å². The molecule has 0 aliphatic rings. The number of nitrogens with one attached hydrogen (secondary N) is 1. The molecule has 1 amide bonds. The first-order valence-corrected chi connectivity index (χ1v) is 5.12. The van der Waals surface area contributed by atoms with Crippen molar-refractivity contribution in [2.45, 2.75) is 32.1 Å². The molecule has 0 fully saturated rings. The van der Waals surface area contributed by atoms with Gasteiger partial charge in [0.05, 0.1) is 5.75 Å². The first-order chi connectivity index (χ1) is 5.93. The largest absolute Gasteiger partial charge is 0.480 e. The van der Waals surface area contributed by atoms with Crippen LogP contribution in [0.5, 0.6) is 0 Å². The number of rotatable bonds is 5. The van der Waals surface area contributed by atoms with Gasteiger partial charge in [0.25, 0.3) is 0 Å². The van der Waals surface area contributed by atoms with Gasteiger partial charge >= 0.3 is 5.97 Å². The molecule has 0 heterocycles. The minimum Gasteiger partial charge on any atom is -0.480 e. The fourth-order valence-corrected chi connectivity index (χ4v) is 1.16. The number of carbonyl (C=O) groups excluding carboxylic acids is 1. The Bertz CT molecular complexity index is 194. The Hall–Kier alpha value is -0.710. The highest BCUT2D eigenvalue weighted by Gasteiger charge is 2.13. The average Bonchev–Trinajstić information content (AvgIpc) is 2.00. The number of hydrogen-bond donors (Lipinski definition) is 2. The van der Waals surface area contributed by atoms with Crippen molar-refractivity contribution in [1.82, 2.24) is 5.32 Å². The van der Waals surface area contributed by atoms with E-state index in [0.717, 1.165) is 0 Å². The van der Waals surface area contributed by atoms with Crippen LogP contribution in [0, 0.1) is 0 Å². The molecule has 0 saturated heterocycles. The summed E-state index contributed by atoms with van der Waals surface area (Å²) in [6, 6.07) is -0.805. The van der Waals surface area contributed by atoms with Crippen LogP contribution in [0.1, 0.15) is 20.8 Å². The van der Waals surface area contributed by atoms with Crippen LogP contribution in [-0.2, 0) is 9.59 Å². The Kier molecular flexibility index (Phi) is 5.53. The Balaban J connectivity index is 3.68. The highest BCUT2D eigenvalue weighted by molar-refractivity contribution is 8.00. The summed E-state index contributed by atoms with van der Waals surface area (Å²) in [5, 5.41) is 11.2. The molecular weight excluding hydrogens is 190 g/mol. The molecule has 1 unspecified atom stereocenters. The lowest BCUT2D eigenvalue weighted by Crippen LogP contribution is -2.39. The van der Waals surface area contributed by atoms with E-state index in [9.17, 15) is 9.59 Å². The van der Waals surface area contributed by atoms with Gasteiger partial charge in [0, 0.05) is 0 Å². The smallest absolute Gasteiger partial charge is 0.325 e. The molecule has 76 valence electrons. The second kappa shape index (κ2) is 5.85. The summed E-state index contributed by atoms with van der Waals surface area (Å²) in [6.45, 7) is 5.41. The van der Waals surface area contributed by atoms with Crippen molar-refractivity contribution in [2.24, 2.45) is 0 Å². The fraction of sp³-hybridized carbons (Fsp3) is 0.750. The minimum absolute atomic E-state index is 0.228. The highest BCUT2D eigenvalue weighted by Crippen LogP contribution is 2.07. The molecule has 13 heavy (non-hydrogen) atoms. The van der Waals surface area contributed by atoms with Crippen LogP contribution in [0.3, 0.4) is 0 Å². The second-order valence-corrected chi connectivity index (χ2v) is 4.55. The van der Waals surface area contributed by atoms with Gasteiger partial charge in [0.1, 0.15) is 6.04 Å². The van der Waals surface area contributed by atoms with Crippen LogP contribution in [0.25, 0.3) is 0 Å². The minimum atomic E-state index is -1.01. The zero-order valence-corrected chi connectivity index (χ0v) is 8.85. The summed E-state index contributed by atoms with van der Waals surface area (Å²) >= 11 is 1.49. The molecule has 0 aromatic carbocycles. The molecule has 0 spiro atoms. The third kappa shape index (κ3) is 6.45. The van der Waals surface area contributed by atoms with Crippen molar-refractivity contribution >= 4 is 23.6 Å². The summed E-state index contributed by atoms with van der Waals surface area (Å²) in [5.74, 6) is -0.925. The van der Waals surface area contributed by atoms with Crippen LogP contribution < -0.4 is 5.32 Å². The molecule has 0 saturated carbocycles. The summed E-state index contributed by atoms with van der Waals surface area (Å²) in [5.41, 5.74) is 0. The van der Waals surface area contributed by atoms with Gasteiger partial charge < -0.3 is 10.4 Å². The molecule has 0 bridgehead atoms. The van der Waals surface area contributed by atoms with Crippen LogP contribution in [0.2, 0.25) is 0 Å². The maximum absolute atomic E-state index is 11.1. The van der Waals surface area contributed by atoms with Crippen molar-refractivity contribution in [2.75, 3.05) is 5.75 Å². The Morgan fingerprint density at radius 2 is 1.92 bits per heavy atom. The Morgan fingerprint density at radius 1 is 1.38 bits per heavy atom. The lowest BCUT2D eigenvalue weighted by molar-refractivity contribution is -0.140. The number of carboxylic acid groups (broad SMARTS) is 1. The average molecular weight is 205 g/mol. The van der Waals surface area contributed by atoms with E-state index >= 15 is 0 Å². The normalized spacial score (nSPS) is 12.6. The van der Waals surface area contributed by atoms with Crippen molar-refractivity contribution in [3.63, 3.8) is 0 Å². The maximum Gasteiger partial charge on any atom is 0.325 e. The zero-order valence-electron chi connectivity index (χ0n) is 8.03. The summed E-state index contributed by atoms with van der Waals surface area (Å²) in [4.78, 5) is 21.4. The molecule has 0 aromatic heterocycles. The van der Waals surface area contributed by atoms with E-state index in [0.29, 0.717) is 11.0 Å². The zero-order chi connectivity index (χ0) is 10.4. The molecule has 0 rings (SSSR count). The number of amides is 1. The highest BCUT2D eigenvalue weighted by atomic mass is 32.2. The number of hydrogen-bond acceptors (Lipinski definition) is 3. The monoisotopic (exact) mass is 205 g/mol. The van der Waals surface area contributed by atoms with Crippen LogP contribution in [0.4, 0.5) is 0 Å². The Morgan fingerprint density at radius 3 is 2.31 bits per heavy atom. The Labute approximate surface area is 82.1 Å². The number of carbonyl (C=O) groups is 2. The third-order valence-corrected chi connectivity index (χ3v) is 2.39. The van der Waals surface area contributed by atoms with Crippen molar-refractivity contribution in [1.29, 1.82) is 0 Å². The first kappa shape index (κ1) is 12.3.